The Morgan fingerprint density at radius 1 is 1.25 bits per heavy atom. The van der Waals surface area contributed by atoms with E-state index in [9.17, 15) is 0 Å². The average Bonchev–Trinajstić information content (AvgIpc) is 2.75. The highest BCUT2D eigenvalue weighted by molar-refractivity contribution is 6.08. The predicted octanol–water partition coefficient (Wildman–Crippen LogP) is 3.56. The molecule has 3 aromatic rings. The van der Waals surface area contributed by atoms with Crippen molar-refractivity contribution in [1.29, 1.82) is 5.26 Å². The second-order valence-electron chi connectivity index (χ2n) is 5.32. The first-order chi connectivity index (χ1) is 9.83. The molecule has 1 aromatic heterocycles. The highest BCUT2D eigenvalue weighted by Gasteiger charge is 2.27. The molecule has 2 aromatic carbocycles. The smallest absolute Gasteiger partial charge is 0.123 e. The standard InChI is InChI=1S/C17H14N2O/c1-20-10-19-16-5-3-2-4-13(16)15-7-11-6-12(9-18)14(11)8-17(15)19/h2-5,7-8,12H,6,10H2,1H3. The number of nitrogens with zero attached hydrogens (tertiary/aromatic N) is 2. The summed E-state index contributed by atoms with van der Waals surface area (Å²) in [4.78, 5) is 0. The highest BCUT2D eigenvalue weighted by Crippen LogP contribution is 2.40. The monoisotopic (exact) mass is 262 g/mol. The van der Waals surface area contributed by atoms with Gasteiger partial charge in [0.2, 0.25) is 0 Å². The van der Waals surface area contributed by atoms with Crippen LogP contribution in [0.1, 0.15) is 17.0 Å². The molecular formula is C17H14N2O. The van der Waals surface area contributed by atoms with Crippen LogP contribution in [-0.4, -0.2) is 11.7 Å². The van der Waals surface area contributed by atoms with Gasteiger partial charge in [0, 0.05) is 17.9 Å². The minimum absolute atomic E-state index is 0.0587. The lowest BCUT2D eigenvalue weighted by atomic mass is 9.78. The summed E-state index contributed by atoms with van der Waals surface area (Å²) in [7, 11) is 1.71. The number of ether oxygens (including phenoxy) is 1. The molecule has 0 amide bonds. The number of rotatable bonds is 2. The molecule has 1 aliphatic carbocycles. The summed E-state index contributed by atoms with van der Waals surface area (Å²) in [6.07, 6.45) is 0.881. The van der Waals surface area contributed by atoms with Crippen LogP contribution in [0.5, 0.6) is 0 Å². The van der Waals surface area contributed by atoms with Gasteiger partial charge in [-0.2, -0.15) is 5.26 Å². The number of nitriles is 1. The maximum atomic E-state index is 9.14. The van der Waals surface area contributed by atoms with E-state index in [4.69, 9.17) is 10.00 Å². The highest BCUT2D eigenvalue weighted by atomic mass is 16.5. The summed E-state index contributed by atoms with van der Waals surface area (Å²) in [6, 6.07) is 15.2. The molecule has 0 saturated heterocycles. The van der Waals surface area contributed by atoms with E-state index >= 15 is 0 Å². The molecule has 20 heavy (non-hydrogen) atoms. The predicted molar refractivity (Wildman–Crippen MR) is 78.5 cm³/mol. The quantitative estimate of drug-likeness (QED) is 0.708. The van der Waals surface area contributed by atoms with Crippen LogP contribution < -0.4 is 0 Å². The lowest BCUT2D eigenvalue weighted by molar-refractivity contribution is 0.138. The molecule has 1 aliphatic rings. The second-order valence-corrected chi connectivity index (χ2v) is 5.32. The molecule has 1 heterocycles. The molecule has 3 heteroatoms. The van der Waals surface area contributed by atoms with Crippen LogP contribution in [0.3, 0.4) is 0 Å². The van der Waals surface area contributed by atoms with Gasteiger partial charge in [-0.25, -0.2) is 0 Å². The first kappa shape index (κ1) is 11.5. The van der Waals surface area contributed by atoms with Crippen molar-refractivity contribution in [1.82, 2.24) is 4.57 Å². The fraction of sp³-hybridized carbons (Fsp3) is 0.235. The summed E-state index contributed by atoms with van der Waals surface area (Å²) < 4.78 is 7.52. The Bertz CT molecular complexity index is 870. The number of hydrogen-bond acceptors (Lipinski definition) is 2. The van der Waals surface area contributed by atoms with E-state index in [0.717, 1.165) is 11.9 Å². The van der Waals surface area contributed by atoms with Crippen molar-refractivity contribution < 1.29 is 4.74 Å². The SMILES string of the molecule is COCn1c2ccccc2c2cc3c(cc21)C(C#N)C3. The summed E-state index contributed by atoms with van der Waals surface area (Å²) in [6.45, 7) is 0.528. The molecule has 0 radical (unpaired) electrons. The first-order valence-corrected chi connectivity index (χ1v) is 6.76. The van der Waals surface area contributed by atoms with E-state index in [-0.39, 0.29) is 5.92 Å². The maximum Gasteiger partial charge on any atom is 0.123 e. The molecule has 0 bridgehead atoms. The Kier molecular flexibility index (Phi) is 2.35. The van der Waals surface area contributed by atoms with Gasteiger partial charge in [0.1, 0.15) is 6.73 Å². The Hall–Kier alpha value is -2.31. The fourth-order valence-corrected chi connectivity index (χ4v) is 3.24. The van der Waals surface area contributed by atoms with Gasteiger partial charge in [0.05, 0.1) is 23.0 Å². The van der Waals surface area contributed by atoms with Crippen molar-refractivity contribution >= 4 is 21.8 Å². The molecule has 0 aliphatic heterocycles. The van der Waals surface area contributed by atoms with Gasteiger partial charge < -0.3 is 9.30 Å². The zero-order valence-electron chi connectivity index (χ0n) is 11.3. The number of para-hydroxylation sites is 1. The Labute approximate surface area is 117 Å². The number of aromatic nitrogens is 1. The summed E-state index contributed by atoms with van der Waals surface area (Å²) in [5, 5.41) is 11.6. The van der Waals surface area contributed by atoms with Crippen LogP contribution in [0.2, 0.25) is 0 Å². The number of fused-ring (bicyclic) bond motifs is 4. The normalized spacial score (nSPS) is 16.9. The summed E-state index contributed by atoms with van der Waals surface area (Å²) in [5.41, 5.74) is 4.83. The lowest BCUT2D eigenvalue weighted by Gasteiger charge is -2.24. The molecule has 0 fully saturated rings. The topological polar surface area (TPSA) is 38.0 Å². The van der Waals surface area contributed by atoms with E-state index in [1.54, 1.807) is 7.11 Å². The van der Waals surface area contributed by atoms with Crippen LogP contribution in [0, 0.1) is 11.3 Å². The number of methoxy groups -OCH3 is 1. The van der Waals surface area contributed by atoms with Crippen molar-refractivity contribution in [2.75, 3.05) is 7.11 Å². The molecule has 98 valence electrons. The van der Waals surface area contributed by atoms with Crippen LogP contribution in [0.15, 0.2) is 36.4 Å². The molecule has 3 nitrogen and oxygen atoms in total. The maximum absolute atomic E-state index is 9.14. The van der Waals surface area contributed by atoms with Gasteiger partial charge in [0.15, 0.2) is 0 Å². The number of benzene rings is 2. The molecule has 1 atom stereocenters. The number of hydrogen-bond donors (Lipinski definition) is 0. The van der Waals surface area contributed by atoms with Crippen LogP contribution in [0.25, 0.3) is 21.8 Å². The van der Waals surface area contributed by atoms with Crippen LogP contribution in [0.4, 0.5) is 0 Å². The van der Waals surface area contributed by atoms with E-state index in [1.807, 2.05) is 6.07 Å². The van der Waals surface area contributed by atoms with E-state index in [1.165, 1.54) is 27.4 Å². The summed E-state index contributed by atoms with van der Waals surface area (Å²) >= 11 is 0. The van der Waals surface area contributed by atoms with Gasteiger partial charge in [0.25, 0.3) is 0 Å². The third-order valence-electron chi connectivity index (χ3n) is 4.25. The van der Waals surface area contributed by atoms with Crippen LogP contribution in [-0.2, 0) is 17.9 Å². The van der Waals surface area contributed by atoms with Crippen molar-refractivity contribution in [3.05, 3.63) is 47.5 Å². The molecule has 0 N–H and O–H groups in total. The molecule has 4 rings (SSSR count). The molecular weight excluding hydrogens is 248 g/mol. The Balaban J connectivity index is 2.10. The molecule has 0 saturated carbocycles. The second kappa shape index (κ2) is 4.09. The van der Waals surface area contributed by atoms with Crippen molar-refractivity contribution in [3.8, 4) is 6.07 Å². The van der Waals surface area contributed by atoms with Crippen LogP contribution >= 0.6 is 0 Å². The van der Waals surface area contributed by atoms with E-state index < -0.39 is 0 Å². The summed E-state index contributed by atoms with van der Waals surface area (Å²) in [5.74, 6) is 0.0587. The lowest BCUT2D eigenvalue weighted by Crippen LogP contribution is -2.15. The zero-order valence-corrected chi connectivity index (χ0v) is 11.3. The van der Waals surface area contributed by atoms with Crippen molar-refractivity contribution in [3.63, 3.8) is 0 Å². The van der Waals surface area contributed by atoms with Crippen molar-refractivity contribution in [2.45, 2.75) is 19.1 Å². The molecule has 1 unspecified atom stereocenters. The third kappa shape index (κ3) is 1.37. The van der Waals surface area contributed by atoms with E-state index in [2.05, 4.69) is 41.0 Å². The van der Waals surface area contributed by atoms with Gasteiger partial charge in [-0.05, 0) is 35.7 Å². The minimum Gasteiger partial charge on any atom is -0.364 e. The Morgan fingerprint density at radius 2 is 2.10 bits per heavy atom. The van der Waals surface area contributed by atoms with Gasteiger partial charge in [-0.1, -0.05) is 18.2 Å². The van der Waals surface area contributed by atoms with Gasteiger partial charge in [-0.15, -0.1) is 0 Å². The fourth-order valence-electron chi connectivity index (χ4n) is 3.24. The zero-order chi connectivity index (χ0) is 13.7. The third-order valence-corrected chi connectivity index (χ3v) is 4.25. The molecule has 0 spiro atoms. The van der Waals surface area contributed by atoms with Gasteiger partial charge in [-0.3, -0.25) is 0 Å². The average molecular weight is 262 g/mol. The van der Waals surface area contributed by atoms with E-state index in [0.29, 0.717) is 6.73 Å². The van der Waals surface area contributed by atoms with Crippen molar-refractivity contribution in [2.24, 2.45) is 0 Å². The largest absolute Gasteiger partial charge is 0.364 e. The first-order valence-electron chi connectivity index (χ1n) is 6.76. The minimum atomic E-state index is 0.0587. The Morgan fingerprint density at radius 3 is 2.90 bits per heavy atom. The van der Waals surface area contributed by atoms with Gasteiger partial charge >= 0.3 is 0 Å².